The molecule has 5 aliphatic rings. The smallest absolute Gasteiger partial charge is 0.311 e. The minimum atomic E-state index is -0.377. The van der Waals surface area contributed by atoms with Gasteiger partial charge in [0.1, 0.15) is 0 Å². The minimum Gasteiger partial charge on any atom is -0.313 e. The number of fused-ring (bicyclic) bond motifs is 5. The Hall–Kier alpha value is -1.23. The van der Waals surface area contributed by atoms with Crippen LogP contribution in [0, 0.1) is 38.7 Å². The lowest BCUT2D eigenvalue weighted by Gasteiger charge is -2.57. The Morgan fingerprint density at radius 3 is 2.63 bits per heavy atom. The summed E-state index contributed by atoms with van der Waals surface area (Å²) in [6.45, 7) is 3.43. The largest absolute Gasteiger partial charge is 0.313 e. The van der Waals surface area contributed by atoms with E-state index in [1.54, 1.807) is 0 Å². The number of allylic oxidation sites excluding steroid dienone is 1. The van der Waals surface area contributed by atoms with Crippen molar-refractivity contribution in [2.45, 2.75) is 83.6 Å². The number of hydrogen-bond donors (Lipinski definition) is 1. The molecular formula is C22H32N2O3. The van der Waals surface area contributed by atoms with Crippen molar-refractivity contribution in [1.29, 1.82) is 0 Å². The predicted molar refractivity (Wildman–Crippen MR) is 103 cm³/mol. The van der Waals surface area contributed by atoms with Crippen molar-refractivity contribution in [2.24, 2.45) is 28.6 Å². The molecule has 0 saturated heterocycles. The zero-order valence-electron chi connectivity index (χ0n) is 16.5. The van der Waals surface area contributed by atoms with Gasteiger partial charge in [0.25, 0.3) is 0 Å². The molecule has 4 fully saturated rings. The minimum absolute atomic E-state index is 0.0409. The Labute approximate surface area is 161 Å². The lowest BCUT2D eigenvalue weighted by atomic mass is 9.47. The highest BCUT2D eigenvalue weighted by atomic mass is 16.6. The molecule has 0 spiro atoms. The summed E-state index contributed by atoms with van der Waals surface area (Å²) in [6.07, 6.45) is 12.2. The first-order chi connectivity index (χ1) is 12.9. The standard InChI is InChI=1S/C22H32N2O3/c1-21-11-9-19(25)20(24(26)27)18(21)7-6-15-16(21)8-12-22(10-2-3-17(15)22)13-23-14-4-5-14/h14-17,23H,2-13H2,1H3/t15-,16+,17+,21-,22+/m1/s1. The van der Waals surface area contributed by atoms with Crippen molar-refractivity contribution < 1.29 is 9.72 Å². The molecule has 5 nitrogen and oxygen atoms in total. The van der Waals surface area contributed by atoms with Gasteiger partial charge in [-0.2, -0.15) is 0 Å². The van der Waals surface area contributed by atoms with E-state index in [1.165, 1.54) is 51.5 Å². The molecule has 5 rings (SSSR count). The number of Topliss-reactive ketones (excluding diaryl/α,β-unsaturated/α-hetero) is 1. The van der Waals surface area contributed by atoms with E-state index in [0.717, 1.165) is 36.8 Å². The summed E-state index contributed by atoms with van der Waals surface area (Å²) in [5, 5.41) is 15.5. The maximum Gasteiger partial charge on any atom is 0.311 e. The van der Waals surface area contributed by atoms with Gasteiger partial charge in [0, 0.05) is 24.6 Å². The quantitative estimate of drug-likeness (QED) is 0.592. The van der Waals surface area contributed by atoms with E-state index in [2.05, 4.69) is 12.2 Å². The van der Waals surface area contributed by atoms with Crippen LogP contribution in [-0.2, 0) is 4.79 Å². The summed E-state index contributed by atoms with van der Waals surface area (Å²) in [5.41, 5.74) is 1.20. The highest BCUT2D eigenvalue weighted by Gasteiger charge is 2.59. The van der Waals surface area contributed by atoms with Crippen molar-refractivity contribution >= 4 is 5.78 Å². The first kappa shape index (κ1) is 17.8. The van der Waals surface area contributed by atoms with Gasteiger partial charge in [-0.15, -0.1) is 0 Å². The first-order valence-electron chi connectivity index (χ1n) is 11.1. The van der Waals surface area contributed by atoms with Crippen molar-refractivity contribution in [3.05, 3.63) is 21.4 Å². The van der Waals surface area contributed by atoms with E-state index >= 15 is 0 Å². The fraction of sp³-hybridized carbons (Fsp3) is 0.864. The molecule has 0 bridgehead atoms. The Morgan fingerprint density at radius 1 is 1.07 bits per heavy atom. The van der Waals surface area contributed by atoms with Gasteiger partial charge in [-0.1, -0.05) is 13.3 Å². The van der Waals surface area contributed by atoms with Crippen LogP contribution in [0.1, 0.15) is 77.6 Å². The van der Waals surface area contributed by atoms with Crippen LogP contribution in [0.5, 0.6) is 0 Å². The second-order valence-corrected chi connectivity index (χ2v) is 10.3. The second kappa shape index (κ2) is 6.13. The van der Waals surface area contributed by atoms with Crippen LogP contribution in [0.25, 0.3) is 0 Å². The Morgan fingerprint density at radius 2 is 1.89 bits per heavy atom. The van der Waals surface area contributed by atoms with Gasteiger partial charge in [0.2, 0.25) is 5.78 Å². The third-order valence-electron chi connectivity index (χ3n) is 9.12. The molecule has 5 atom stereocenters. The normalized spacial score (nSPS) is 43.9. The van der Waals surface area contributed by atoms with E-state index in [-0.39, 0.29) is 21.8 Å². The summed E-state index contributed by atoms with van der Waals surface area (Å²) >= 11 is 0. The molecule has 0 radical (unpaired) electrons. The Kier molecular flexibility index (Phi) is 4.05. The highest BCUT2D eigenvalue weighted by Crippen LogP contribution is 2.65. The molecule has 0 aromatic carbocycles. The van der Waals surface area contributed by atoms with Crippen LogP contribution < -0.4 is 5.32 Å². The monoisotopic (exact) mass is 372 g/mol. The average molecular weight is 373 g/mol. The lowest BCUT2D eigenvalue weighted by Crippen LogP contribution is -2.53. The van der Waals surface area contributed by atoms with E-state index in [0.29, 0.717) is 23.7 Å². The molecule has 0 aliphatic heterocycles. The van der Waals surface area contributed by atoms with Crippen LogP contribution in [0.4, 0.5) is 0 Å². The van der Waals surface area contributed by atoms with Crippen LogP contribution in [0.2, 0.25) is 0 Å². The maximum absolute atomic E-state index is 12.3. The number of carbonyl (C=O) groups excluding carboxylic acids is 1. The maximum atomic E-state index is 12.3. The van der Waals surface area contributed by atoms with E-state index in [4.69, 9.17) is 0 Å². The Bertz CT molecular complexity index is 712. The molecular weight excluding hydrogens is 340 g/mol. The van der Waals surface area contributed by atoms with Crippen molar-refractivity contribution in [2.75, 3.05) is 6.54 Å². The average Bonchev–Trinajstić information content (AvgIpc) is 3.37. The second-order valence-electron chi connectivity index (χ2n) is 10.3. The zero-order valence-corrected chi connectivity index (χ0v) is 16.5. The molecule has 0 heterocycles. The number of nitrogens with one attached hydrogen (secondary N) is 1. The molecule has 148 valence electrons. The van der Waals surface area contributed by atoms with Crippen molar-refractivity contribution in [3.8, 4) is 0 Å². The third-order valence-corrected chi connectivity index (χ3v) is 9.12. The van der Waals surface area contributed by atoms with Gasteiger partial charge in [-0.3, -0.25) is 14.9 Å². The molecule has 0 aromatic heterocycles. The number of carbonyl (C=O) groups is 1. The number of nitro groups is 1. The fourth-order valence-electron chi connectivity index (χ4n) is 7.64. The van der Waals surface area contributed by atoms with E-state index in [1.807, 2.05) is 0 Å². The van der Waals surface area contributed by atoms with Gasteiger partial charge in [0.15, 0.2) is 0 Å². The van der Waals surface area contributed by atoms with Gasteiger partial charge < -0.3 is 5.32 Å². The number of rotatable bonds is 4. The number of hydrogen-bond acceptors (Lipinski definition) is 4. The fourth-order valence-corrected chi connectivity index (χ4v) is 7.64. The molecule has 5 aliphatic carbocycles. The summed E-state index contributed by atoms with van der Waals surface area (Å²) in [5.74, 6) is 1.77. The van der Waals surface area contributed by atoms with Gasteiger partial charge in [-0.05, 0) is 86.4 Å². The third kappa shape index (κ3) is 2.64. The van der Waals surface area contributed by atoms with Crippen LogP contribution in [-0.4, -0.2) is 23.3 Å². The molecule has 27 heavy (non-hydrogen) atoms. The number of ketones is 1. The van der Waals surface area contributed by atoms with Gasteiger partial charge in [0.05, 0.1) is 4.92 Å². The molecule has 0 amide bonds. The van der Waals surface area contributed by atoms with Gasteiger partial charge in [-0.25, -0.2) is 0 Å². The van der Waals surface area contributed by atoms with Gasteiger partial charge >= 0.3 is 5.70 Å². The molecule has 1 N–H and O–H groups in total. The first-order valence-corrected chi connectivity index (χ1v) is 11.1. The van der Waals surface area contributed by atoms with E-state index in [9.17, 15) is 14.9 Å². The van der Waals surface area contributed by atoms with Crippen LogP contribution in [0.15, 0.2) is 11.3 Å². The predicted octanol–water partition coefficient (Wildman–Crippen LogP) is 4.24. The molecule has 0 aromatic rings. The SMILES string of the molecule is C[C@]12CCC(=O)C([N+](=O)[O-])=C1CC[C@H]1[C@@H]3CCC[C@@]3(CNC3CC3)CC[C@@H]12. The Balaban J connectivity index is 1.46. The summed E-state index contributed by atoms with van der Waals surface area (Å²) in [7, 11) is 0. The van der Waals surface area contributed by atoms with E-state index < -0.39 is 0 Å². The molecule has 4 saturated carbocycles. The molecule has 5 heteroatoms. The highest BCUT2D eigenvalue weighted by molar-refractivity contribution is 5.95. The summed E-state index contributed by atoms with van der Waals surface area (Å²) < 4.78 is 0. The summed E-state index contributed by atoms with van der Waals surface area (Å²) in [6, 6.07) is 0.767. The topological polar surface area (TPSA) is 72.2 Å². The zero-order chi connectivity index (χ0) is 18.8. The molecule has 0 unspecified atom stereocenters. The van der Waals surface area contributed by atoms with Crippen LogP contribution >= 0.6 is 0 Å². The lowest BCUT2D eigenvalue weighted by molar-refractivity contribution is -0.422. The van der Waals surface area contributed by atoms with Crippen molar-refractivity contribution in [1.82, 2.24) is 5.32 Å². The van der Waals surface area contributed by atoms with Crippen LogP contribution in [0.3, 0.4) is 0 Å². The number of nitrogens with zero attached hydrogens (tertiary/aromatic N) is 1. The summed E-state index contributed by atoms with van der Waals surface area (Å²) in [4.78, 5) is 23.5. The van der Waals surface area contributed by atoms with Crippen molar-refractivity contribution in [3.63, 3.8) is 0 Å².